The molecule has 8 heteroatoms. The molecule has 1 saturated heterocycles. The molecule has 100 valence electrons. The lowest BCUT2D eigenvalue weighted by atomic mass is 10.2. The lowest BCUT2D eigenvalue weighted by molar-refractivity contribution is -0.150. The van der Waals surface area contributed by atoms with Gasteiger partial charge < -0.3 is 10.1 Å². The Kier molecular flexibility index (Phi) is 5.31. The van der Waals surface area contributed by atoms with Crippen molar-refractivity contribution in [3.05, 3.63) is 0 Å². The van der Waals surface area contributed by atoms with Gasteiger partial charge in [-0.05, 0) is 6.92 Å². The number of primary sulfonamides is 1. The minimum atomic E-state index is -3.50. The summed E-state index contributed by atoms with van der Waals surface area (Å²) in [5.41, 5.74) is 0. The Hall–Kier alpha value is -0.700. The summed E-state index contributed by atoms with van der Waals surface area (Å²) in [5, 5.41) is 8.02. The molecule has 0 aliphatic carbocycles. The van der Waals surface area contributed by atoms with Gasteiger partial charge in [0.25, 0.3) is 0 Å². The van der Waals surface area contributed by atoms with E-state index in [1.165, 1.54) is 0 Å². The number of nitrogens with zero attached hydrogens (tertiary/aromatic N) is 1. The Morgan fingerprint density at radius 3 is 2.88 bits per heavy atom. The predicted octanol–water partition coefficient (Wildman–Crippen LogP) is -1.89. The Morgan fingerprint density at radius 1 is 1.59 bits per heavy atom. The first-order valence-corrected chi connectivity index (χ1v) is 7.27. The van der Waals surface area contributed by atoms with Crippen molar-refractivity contribution in [1.29, 1.82) is 0 Å². The molecule has 0 saturated carbocycles. The van der Waals surface area contributed by atoms with Gasteiger partial charge >= 0.3 is 5.97 Å². The van der Waals surface area contributed by atoms with Crippen LogP contribution in [-0.4, -0.2) is 63.9 Å². The highest BCUT2D eigenvalue weighted by atomic mass is 32.2. The van der Waals surface area contributed by atoms with Crippen LogP contribution >= 0.6 is 0 Å². The lowest BCUT2D eigenvalue weighted by Crippen LogP contribution is -2.56. The second kappa shape index (κ2) is 6.29. The SMILES string of the molecule is CCOC(=O)C1CNCCN1CCS(N)(=O)=O. The Bertz CT molecular complexity index is 357. The van der Waals surface area contributed by atoms with Crippen LogP contribution in [-0.2, 0) is 19.6 Å². The maximum Gasteiger partial charge on any atom is 0.324 e. The molecule has 0 amide bonds. The maximum atomic E-state index is 11.6. The summed E-state index contributed by atoms with van der Waals surface area (Å²) in [5.74, 6) is -0.475. The number of piperazine rings is 1. The first-order chi connectivity index (χ1) is 7.94. The van der Waals surface area contributed by atoms with E-state index in [1.54, 1.807) is 11.8 Å². The van der Waals surface area contributed by atoms with E-state index in [2.05, 4.69) is 5.32 Å². The first kappa shape index (κ1) is 14.4. The fraction of sp³-hybridized carbons (Fsp3) is 0.889. The molecule has 1 fully saturated rings. The van der Waals surface area contributed by atoms with Crippen molar-refractivity contribution in [1.82, 2.24) is 10.2 Å². The molecule has 1 unspecified atom stereocenters. The van der Waals surface area contributed by atoms with Crippen molar-refractivity contribution in [3.8, 4) is 0 Å². The van der Waals surface area contributed by atoms with Gasteiger partial charge in [-0.25, -0.2) is 13.6 Å². The average molecular weight is 265 g/mol. The van der Waals surface area contributed by atoms with Crippen LogP contribution in [0.1, 0.15) is 6.92 Å². The number of hydrogen-bond donors (Lipinski definition) is 2. The molecule has 7 nitrogen and oxygen atoms in total. The van der Waals surface area contributed by atoms with Crippen LogP contribution in [0.5, 0.6) is 0 Å². The van der Waals surface area contributed by atoms with Crippen LogP contribution in [0.25, 0.3) is 0 Å². The number of carbonyl (C=O) groups is 1. The van der Waals surface area contributed by atoms with Crippen molar-refractivity contribution in [2.45, 2.75) is 13.0 Å². The lowest BCUT2D eigenvalue weighted by Gasteiger charge is -2.34. The third-order valence-corrected chi connectivity index (χ3v) is 3.33. The second-order valence-corrected chi connectivity index (χ2v) is 5.61. The van der Waals surface area contributed by atoms with Crippen molar-refractivity contribution in [2.75, 3.05) is 38.5 Å². The first-order valence-electron chi connectivity index (χ1n) is 5.56. The molecule has 0 spiro atoms. The molecule has 0 aromatic heterocycles. The van der Waals surface area contributed by atoms with E-state index >= 15 is 0 Å². The highest BCUT2D eigenvalue weighted by Gasteiger charge is 2.29. The monoisotopic (exact) mass is 265 g/mol. The number of nitrogens with one attached hydrogen (secondary N) is 1. The summed E-state index contributed by atoms with van der Waals surface area (Å²) >= 11 is 0. The molecular formula is C9H19N3O4S. The quantitative estimate of drug-likeness (QED) is 0.564. The summed E-state index contributed by atoms with van der Waals surface area (Å²) in [7, 11) is -3.50. The summed E-state index contributed by atoms with van der Waals surface area (Å²) in [4.78, 5) is 13.4. The largest absolute Gasteiger partial charge is 0.465 e. The summed E-state index contributed by atoms with van der Waals surface area (Å²) < 4.78 is 26.7. The molecule has 0 radical (unpaired) electrons. The molecule has 3 N–H and O–H groups in total. The van der Waals surface area contributed by atoms with E-state index in [1.807, 2.05) is 0 Å². The van der Waals surface area contributed by atoms with E-state index in [0.29, 0.717) is 19.7 Å². The number of nitrogens with two attached hydrogens (primary N) is 1. The smallest absolute Gasteiger partial charge is 0.324 e. The summed E-state index contributed by atoms with van der Waals surface area (Å²) in [6.07, 6.45) is 0. The topological polar surface area (TPSA) is 102 Å². The number of carbonyl (C=O) groups excluding carboxylic acids is 1. The number of rotatable bonds is 5. The van der Waals surface area contributed by atoms with Crippen LogP contribution in [0, 0.1) is 0 Å². The van der Waals surface area contributed by atoms with E-state index in [9.17, 15) is 13.2 Å². The van der Waals surface area contributed by atoms with E-state index in [-0.39, 0.29) is 18.3 Å². The number of ether oxygens (including phenoxy) is 1. The zero-order valence-corrected chi connectivity index (χ0v) is 10.7. The van der Waals surface area contributed by atoms with Crippen molar-refractivity contribution < 1.29 is 17.9 Å². The molecule has 0 aromatic rings. The summed E-state index contributed by atoms with van der Waals surface area (Å²) in [6, 6.07) is -0.426. The molecule has 0 aromatic carbocycles. The van der Waals surface area contributed by atoms with Gasteiger partial charge in [0.15, 0.2) is 0 Å². The van der Waals surface area contributed by atoms with Gasteiger partial charge in [0.1, 0.15) is 6.04 Å². The number of sulfonamides is 1. The van der Waals surface area contributed by atoms with Gasteiger partial charge in [-0.1, -0.05) is 0 Å². The Morgan fingerprint density at radius 2 is 2.29 bits per heavy atom. The van der Waals surface area contributed by atoms with Crippen LogP contribution in [0.15, 0.2) is 0 Å². The summed E-state index contributed by atoms with van der Waals surface area (Å²) in [6.45, 7) is 4.12. The van der Waals surface area contributed by atoms with Crippen LogP contribution < -0.4 is 10.5 Å². The third kappa shape index (κ3) is 4.99. The van der Waals surface area contributed by atoms with Gasteiger partial charge in [0.2, 0.25) is 10.0 Å². The second-order valence-electron chi connectivity index (χ2n) is 3.87. The highest BCUT2D eigenvalue weighted by Crippen LogP contribution is 2.05. The molecule has 0 bridgehead atoms. The van der Waals surface area contributed by atoms with Crippen LogP contribution in [0.2, 0.25) is 0 Å². The zero-order chi connectivity index (χ0) is 12.9. The van der Waals surface area contributed by atoms with E-state index in [0.717, 1.165) is 6.54 Å². The van der Waals surface area contributed by atoms with Gasteiger partial charge in [-0.15, -0.1) is 0 Å². The molecule has 1 aliphatic heterocycles. The van der Waals surface area contributed by atoms with Crippen molar-refractivity contribution >= 4 is 16.0 Å². The third-order valence-electron chi connectivity index (χ3n) is 2.58. The maximum absolute atomic E-state index is 11.6. The van der Waals surface area contributed by atoms with E-state index in [4.69, 9.17) is 9.88 Å². The van der Waals surface area contributed by atoms with Crippen LogP contribution in [0.3, 0.4) is 0 Å². The average Bonchev–Trinajstić information content (AvgIpc) is 2.26. The fourth-order valence-corrected chi connectivity index (χ4v) is 2.22. The van der Waals surface area contributed by atoms with E-state index < -0.39 is 16.1 Å². The molecule has 1 rings (SSSR count). The predicted molar refractivity (Wildman–Crippen MR) is 62.8 cm³/mol. The minimum absolute atomic E-state index is 0.150. The fourth-order valence-electron chi connectivity index (χ4n) is 1.73. The number of hydrogen-bond acceptors (Lipinski definition) is 6. The van der Waals surface area contributed by atoms with Crippen LogP contribution in [0.4, 0.5) is 0 Å². The molecule has 17 heavy (non-hydrogen) atoms. The highest BCUT2D eigenvalue weighted by molar-refractivity contribution is 7.89. The molecule has 1 aliphatic rings. The standard InChI is InChI=1S/C9H19N3O4S/c1-2-16-9(13)8-7-11-3-4-12(8)5-6-17(10,14)15/h8,11H,2-7H2,1H3,(H2,10,14,15). The molecular weight excluding hydrogens is 246 g/mol. The zero-order valence-electron chi connectivity index (χ0n) is 9.89. The van der Waals surface area contributed by atoms with Crippen molar-refractivity contribution in [3.63, 3.8) is 0 Å². The number of esters is 1. The van der Waals surface area contributed by atoms with Gasteiger partial charge in [0, 0.05) is 26.2 Å². The Labute approximate surface area is 101 Å². The molecule has 1 atom stereocenters. The van der Waals surface area contributed by atoms with Crippen molar-refractivity contribution in [2.24, 2.45) is 5.14 Å². The van der Waals surface area contributed by atoms with Gasteiger partial charge in [-0.3, -0.25) is 9.69 Å². The Balaban J connectivity index is 2.56. The van der Waals surface area contributed by atoms with Gasteiger partial charge in [-0.2, -0.15) is 0 Å². The molecule has 1 heterocycles. The van der Waals surface area contributed by atoms with Gasteiger partial charge in [0.05, 0.1) is 12.4 Å². The minimum Gasteiger partial charge on any atom is -0.465 e. The normalized spacial score (nSPS) is 22.4.